The fourth-order valence-electron chi connectivity index (χ4n) is 11.0. The lowest BCUT2D eigenvalue weighted by Gasteiger charge is -2.59. The number of piperazine rings is 1. The van der Waals surface area contributed by atoms with Crippen molar-refractivity contribution in [2.75, 3.05) is 44.2 Å². The molecule has 10 nitrogen and oxygen atoms in total. The van der Waals surface area contributed by atoms with Gasteiger partial charge in [0.05, 0.1) is 12.1 Å². The lowest BCUT2D eigenvalue weighted by Crippen LogP contribution is -2.70. The number of alkyl halides is 5. The molecule has 1 aromatic carbocycles. The van der Waals surface area contributed by atoms with Crippen LogP contribution >= 0.6 is 0 Å². The third kappa shape index (κ3) is 6.33. The standard InChI is InChI=1S/C38H45F5N6O4/c1-35(39,40)30-27(31(50)46-38(33(52)53)25-14-22-13-23(16-25)17-26(38)15-22)19-44-34(45-30)49-20-36(7-3-2-4-8-36)28-18-24(5-6-29(28)49)32(51)48-11-9-47(10-12-48)21-37(41,42)43/h5-6,18-19,22-23,25-26H,2-4,7-17,20-21H2,1H3,(H,46,50)(H,52,53). The number of hydrogen-bond donors (Lipinski definition) is 2. The molecule has 1 saturated heterocycles. The first kappa shape index (κ1) is 36.1. The van der Waals surface area contributed by atoms with Crippen molar-refractivity contribution in [3.63, 3.8) is 0 Å². The van der Waals surface area contributed by atoms with Gasteiger partial charge in [-0.25, -0.2) is 14.8 Å². The number of anilines is 2. The second-order valence-electron chi connectivity index (χ2n) is 16.6. The number of carbonyl (C=O) groups excluding carboxylic acids is 2. The molecule has 4 bridgehead atoms. The van der Waals surface area contributed by atoms with Crippen LogP contribution in [0.2, 0.25) is 0 Å². The van der Waals surface area contributed by atoms with E-state index in [0.717, 1.165) is 50.3 Å². The highest BCUT2D eigenvalue weighted by Crippen LogP contribution is 2.58. The van der Waals surface area contributed by atoms with Crippen molar-refractivity contribution in [2.45, 2.75) is 94.2 Å². The zero-order chi connectivity index (χ0) is 37.5. The van der Waals surface area contributed by atoms with E-state index in [0.29, 0.717) is 62.2 Å². The van der Waals surface area contributed by atoms with Gasteiger partial charge in [0.15, 0.2) is 0 Å². The van der Waals surface area contributed by atoms with E-state index < -0.39 is 52.7 Å². The summed E-state index contributed by atoms with van der Waals surface area (Å²) in [5.41, 5.74) is -1.23. The molecule has 5 saturated carbocycles. The Morgan fingerprint density at radius 1 is 0.925 bits per heavy atom. The number of nitrogens with zero attached hydrogens (tertiary/aromatic N) is 5. The van der Waals surface area contributed by atoms with Crippen molar-refractivity contribution in [1.82, 2.24) is 25.1 Å². The number of aromatic nitrogens is 2. The summed E-state index contributed by atoms with van der Waals surface area (Å²) in [4.78, 5) is 53.9. The number of fused-ring (bicyclic) bond motifs is 2. The summed E-state index contributed by atoms with van der Waals surface area (Å²) in [5, 5.41) is 13.3. The number of aliphatic carboxylic acids is 1. The van der Waals surface area contributed by atoms with Gasteiger partial charge in [-0.3, -0.25) is 14.5 Å². The number of hydrogen-bond acceptors (Lipinski definition) is 7. The van der Waals surface area contributed by atoms with Gasteiger partial charge in [-0.2, -0.15) is 22.0 Å². The van der Waals surface area contributed by atoms with E-state index in [1.54, 1.807) is 21.9 Å². The monoisotopic (exact) mass is 744 g/mol. The Morgan fingerprint density at radius 3 is 2.15 bits per heavy atom. The molecule has 2 aliphatic heterocycles. The summed E-state index contributed by atoms with van der Waals surface area (Å²) in [6, 6.07) is 5.23. The van der Waals surface area contributed by atoms with Gasteiger partial charge in [0, 0.05) is 62.5 Å². The number of benzene rings is 1. The van der Waals surface area contributed by atoms with Crippen molar-refractivity contribution in [2.24, 2.45) is 23.7 Å². The Labute approximate surface area is 304 Å². The van der Waals surface area contributed by atoms with E-state index in [2.05, 4.69) is 15.3 Å². The van der Waals surface area contributed by atoms with E-state index in [1.165, 1.54) is 4.90 Å². The van der Waals surface area contributed by atoms with Crippen LogP contribution in [0.5, 0.6) is 0 Å². The van der Waals surface area contributed by atoms with Crippen LogP contribution in [0.25, 0.3) is 0 Å². The molecular formula is C38H45F5N6O4. The molecule has 7 aliphatic rings. The predicted octanol–water partition coefficient (Wildman–Crippen LogP) is 6.27. The van der Waals surface area contributed by atoms with Crippen LogP contribution in [-0.2, 0) is 16.1 Å². The molecule has 0 radical (unpaired) electrons. The van der Waals surface area contributed by atoms with Crippen LogP contribution in [0.1, 0.15) is 103 Å². The normalized spacial score (nSPS) is 29.4. The predicted molar refractivity (Wildman–Crippen MR) is 183 cm³/mol. The molecule has 15 heteroatoms. The van der Waals surface area contributed by atoms with Gasteiger partial charge in [-0.1, -0.05) is 19.3 Å². The summed E-state index contributed by atoms with van der Waals surface area (Å²) < 4.78 is 69.6. The molecule has 6 fully saturated rings. The van der Waals surface area contributed by atoms with Crippen LogP contribution in [-0.4, -0.2) is 93.6 Å². The van der Waals surface area contributed by atoms with Gasteiger partial charge in [-0.05, 0) is 92.4 Å². The van der Waals surface area contributed by atoms with Gasteiger partial charge in [0.2, 0.25) is 5.95 Å². The van der Waals surface area contributed by atoms with Gasteiger partial charge >= 0.3 is 12.1 Å². The highest BCUT2D eigenvalue weighted by atomic mass is 19.4. The van der Waals surface area contributed by atoms with Crippen molar-refractivity contribution >= 4 is 29.4 Å². The van der Waals surface area contributed by atoms with Crippen molar-refractivity contribution in [1.29, 1.82) is 0 Å². The molecule has 1 aromatic heterocycles. The summed E-state index contributed by atoms with van der Waals surface area (Å²) in [6.07, 6.45) is 5.08. The smallest absolute Gasteiger partial charge is 0.401 e. The van der Waals surface area contributed by atoms with Gasteiger partial charge in [0.1, 0.15) is 11.2 Å². The lowest BCUT2D eigenvalue weighted by molar-refractivity contribution is -0.163. The van der Waals surface area contributed by atoms with Gasteiger partial charge in [0.25, 0.3) is 17.7 Å². The number of carboxylic acids is 1. The van der Waals surface area contributed by atoms with Crippen LogP contribution in [0, 0.1) is 23.7 Å². The zero-order valence-electron chi connectivity index (χ0n) is 29.7. The molecule has 9 rings (SSSR count). The Kier molecular flexibility index (Phi) is 8.77. The second-order valence-corrected chi connectivity index (χ2v) is 16.6. The highest BCUT2D eigenvalue weighted by molar-refractivity contribution is 5.99. The van der Waals surface area contributed by atoms with Gasteiger partial charge in [-0.15, -0.1) is 0 Å². The maximum Gasteiger partial charge on any atom is 0.401 e. The SMILES string of the molecule is CC(F)(F)c1nc(N2CC3(CCCCC3)c3cc(C(=O)N4CCN(CC(F)(F)F)CC4)ccc32)ncc1C(=O)NC1(C(=O)O)C2CC3CC(C2)CC1C3. The van der Waals surface area contributed by atoms with Crippen LogP contribution in [0.3, 0.4) is 0 Å². The average molecular weight is 745 g/mol. The van der Waals surface area contributed by atoms with E-state index in [4.69, 9.17) is 0 Å². The molecule has 1 spiro atoms. The summed E-state index contributed by atoms with van der Waals surface area (Å²) in [5.74, 6) is -5.60. The first-order chi connectivity index (χ1) is 25.1. The number of rotatable bonds is 7. The molecule has 2 N–H and O–H groups in total. The summed E-state index contributed by atoms with van der Waals surface area (Å²) in [7, 11) is 0. The first-order valence-electron chi connectivity index (χ1n) is 18.9. The van der Waals surface area contributed by atoms with Crippen LogP contribution < -0.4 is 10.2 Å². The number of nitrogens with one attached hydrogen (secondary N) is 1. The minimum absolute atomic E-state index is 0.0239. The molecular weight excluding hydrogens is 699 g/mol. The van der Waals surface area contributed by atoms with E-state index in [-0.39, 0.29) is 49.9 Å². The second kappa shape index (κ2) is 12.9. The average Bonchev–Trinajstić information content (AvgIpc) is 3.40. The molecule has 286 valence electrons. The van der Waals surface area contributed by atoms with Crippen LogP contribution in [0.15, 0.2) is 24.4 Å². The molecule has 0 unspecified atom stereocenters. The maximum atomic E-state index is 15.4. The Morgan fingerprint density at radius 2 is 1.57 bits per heavy atom. The van der Waals surface area contributed by atoms with Crippen LogP contribution in [0.4, 0.5) is 33.6 Å². The molecule has 2 amide bonds. The molecule has 53 heavy (non-hydrogen) atoms. The number of carboxylic acid groups (broad SMARTS) is 1. The van der Waals surface area contributed by atoms with Crippen molar-refractivity contribution in [3.05, 3.63) is 46.8 Å². The fourth-order valence-corrected chi connectivity index (χ4v) is 11.0. The van der Waals surface area contributed by atoms with E-state index in [1.807, 2.05) is 6.07 Å². The molecule has 0 atom stereocenters. The third-order valence-electron chi connectivity index (χ3n) is 13.2. The summed E-state index contributed by atoms with van der Waals surface area (Å²) in [6.45, 7) is 0.585. The number of amides is 2. The van der Waals surface area contributed by atoms with Crippen molar-refractivity contribution < 1.29 is 41.4 Å². The Balaban J connectivity index is 1.08. The summed E-state index contributed by atoms with van der Waals surface area (Å²) >= 11 is 0. The number of carbonyl (C=O) groups is 3. The van der Waals surface area contributed by atoms with E-state index >= 15 is 8.78 Å². The maximum absolute atomic E-state index is 15.4. The first-order valence-corrected chi connectivity index (χ1v) is 18.9. The fraction of sp³-hybridized carbons (Fsp3) is 0.658. The molecule has 2 aromatic rings. The lowest BCUT2D eigenvalue weighted by atomic mass is 9.48. The minimum Gasteiger partial charge on any atom is -0.479 e. The van der Waals surface area contributed by atoms with Gasteiger partial charge < -0.3 is 20.2 Å². The minimum atomic E-state index is -4.31. The largest absolute Gasteiger partial charge is 0.479 e. The number of halogens is 5. The Bertz CT molecular complexity index is 1770. The third-order valence-corrected chi connectivity index (χ3v) is 13.2. The van der Waals surface area contributed by atoms with Crippen molar-refractivity contribution in [3.8, 4) is 0 Å². The topological polar surface area (TPSA) is 119 Å². The quantitative estimate of drug-likeness (QED) is 0.319. The van der Waals surface area contributed by atoms with E-state index in [9.17, 15) is 32.7 Å². The highest BCUT2D eigenvalue weighted by Gasteiger charge is 2.62. The Hall–Kier alpha value is -3.88. The molecule has 5 aliphatic carbocycles. The molecule has 3 heterocycles. The zero-order valence-corrected chi connectivity index (χ0v) is 29.7.